The van der Waals surface area contributed by atoms with Crippen molar-refractivity contribution >= 4 is 22.9 Å². The van der Waals surface area contributed by atoms with Gasteiger partial charge in [-0.25, -0.2) is 4.98 Å². The summed E-state index contributed by atoms with van der Waals surface area (Å²) >= 11 is 0. The van der Waals surface area contributed by atoms with Gasteiger partial charge in [0, 0.05) is 44.0 Å². The number of pyridine rings is 1. The number of nitrogens with one attached hydrogen (secondary N) is 1. The third-order valence-corrected chi connectivity index (χ3v) is 8.33. The van der Waals surface area contributed by atoms with E-state index in [1.165, 1.54) is 12.1 Å². The van der Waals surface area contributed by atoms with Crippen molar-refractivity contribution < 1.29 is 27.8 Å². The van der Waals surface area contributed by atoms with Gasteiger partial charge in [-0.1, -0.05) is 12.6 Å². The van der Waals surface area contributed by atoms with Crippen LogP contribution in [0.1, 0.15) is 69.5 Å². The molecule has 232 valence electrons. The number of amides is 1. The molecule has 2 aromatic heterocycles. The Hall–Kier alpha value is -3.64. The van der Waals surface area contributed by atoms with Gasteiger partial charge in [-0.2, -0.15) is 13.2 Å². The molecule has 2 fully saturated rings. The van der Waals surface area contributed by atoms with Crippen molar-refractivity contribution in [2.45, 2.75) is 76.5 Å². The first kappa shape index (κ1) is 30.8. The van der Waals surface area contributed by atoms with Crippen molar-refractivity contribution in [2.24, 2.45) is 0 Å². The van der Waals surface area contributed by atoms with Crippen molar-refractivity contribution in [3.05, 3.63) is 60.4 Å². The van der Waals surface area contributed by atoms with Gasteiger partial charge in [-0.05, 0) is 76.3 Å². The minimum Gasteiger partial charge on any atom is -0.488 e. The van der Waals surface area contributed by atoms with Crippen LogP contribution in [-0.2, 0) is 11.0 Å². The summed E-state index contributed by atoms with van der Waals surface area (Å²) < 4.78 is 48.6. The molecule has 3 aromatic rings. The molecule has 1 unspecified atom stereocenters. The van der Waals surface area contributed by atoms with E-state index < -0.39 is 18.1 Å². The van der Waals surface area contributed by atoms with E-state index in [0.29, 0.717) is 35.9 Å². The summed E-state index contributed by atoms with van der Waals surface area (Å²) in [7, 11) is 0. The highest BCUT2D eigenvalue weighted by Gasteiger charge is 2.34. The second kappa shape index (κ2) is 12.9. The summed E-state index contributed by atoms with van der Waals surface area (Å²) in [6, 6.07) is 7.98. The minimum atomic E-state index is -4.65. The van der Waals surface area contributed by atoms with Gasteiger partial charge in [-0.3, -0.25) is 9.78 Å². The number of piperidine rings is 1. The van der Waals surface area contributed by atoms with Gasteiger partial charge in [0.15, 0.2) is 6.23 Å². The molecule has 2 atom stereocenters. The first-order valence-electron chi connectivity index (χ1n) is 14.9. The van der Waals surface area contributed by atoms with Crippen LogP contribution in [0.3, 0.4) is 0 Å². The minimum absolute atomic E-state index is 0.00125. The molecule has 2 aliphatic rings. The molecule has 0 spiro atoms. The lowest BCUT2D eigenvalue weighted by molar-refractivity contribution is -0.141. The highest BCUT2D eigenvalue weighted by Crippen LogP contribution is 2.37. The Morgan fingerprint density at radius 3 is 2.63 bits per heavy atom. The summed E-state index contributed by atoms with van der Waals surface area (Å²) in [4.78, 5) is 25.0. The first-order valence-corrected chi connectivity index (χ1v) is 14.9. The fraction of sp³-hybridized carbons (Fsp3) is 0.516. The van der Waals surface area contributed by atoms with Crippen LogP contribution in [0.4, 0.5) is 19.1 Å². The van der Waals surface area contributed by atoms with E-state index in [1.54, 1.807) is 4.90 Å². The molecular formula is C31H39F3N6O3. The number of alkyl halides is 3. The number of nitrogens with zero attached hydrogens (tertiary/aromatic N) is 5. The molecule has 1 aromatic carbocycles. The number of aliphatic hydroxyl groups is 1. The summed E-state index contributed by atoms with van der Waals surface area (Å²) in [6.07, 6.45) is 0.337. The highest BCUT2D eigenvalue weighted by molar-refractivity contribution is 5.87. The fourth-order valence-electron chi connectivity index (χ4n) is 6.00. The number of para-hydroxylation sites is 1. The normalized spacial score (nSPS) is 19.8. The second-order valence-corrected chi connectivity index (χ2v) is 11.5. The number of ether oxygens (including phenoxy) is 1. The number of halogens is 3. The topological polar surface area (TPSA) is 95.8 Å². The Labute approximate surface area is 249 Å². The largest absolute Gasteiger partial charge is 0.488 e. The Morgan fingerprint density at radius 2 is 1.93 bits per heavy atom. The first-order chi connectivity index (χ1) is 20.5. The molecule has 12 heteroatoms. The average Bonchev–Trinajstić information content (AvgIpc) is 3.17. The van der Waals surface area contributed by atoms with Crippen LogP contribution in [-0.4, -0.2) is 73.7 Å². The van der Waals surface area contributed by atoms with Crippen LogP contribution >= 0.6 is 0 Å². The number of likely N-dealkylation sites (tertiary alicyclic amines) is 2. The number of imidazole rings is 1. The van der Waals surface area contributed by atoms with E-state index in [1.807, 2.05) is 22.8 Å². The zero-order chi connectivity index (χ0) is 30.7. The predicted molar refractivity (Wildman–Crippen MR) is 158 cm³/mol. The van der Waals surface area contributed by atoms with E-state index in [9.17, 15) is 23.1 Å². The van der Waals surface area contributed by atoms with Crippen LogP contribution in [0.25, 0.3) is 11.0 Å². The monoisotopic (exact) mass is 600 g/mol. The predicted octanol–water partition coefficient (Wildman–Crippen LogP) is 5.54. The fourth-order valence-corrected chi connectivity index (χ4v) is 6.00. The van der Waals surface area contributed by atoms with Crippen LogP contribution in [0.15, 0.2) is 49.2 Å². The van der Waals surface area contributed by atoms with Crippen molar-refractivity contribution in [1.29, 1.82) is 0 Å². The molecular weight excluding hydrogens is 561 g/mol. The SMILES string of the molecule is C=CC(=O)N1CCCC[C@@H](n2c(NC(O)c3ccnc(C(F)(F)F)c3)nc3cccc(OC4CCN(C(C)C)CC4)c32)C1. The van der Waals surface area contributed by atoms with E-state index in [-0.39, 0.29) is 29.6 Å². The van der Waals surface area contributed by atoms with Crippen LogP contribution in [0.2, 0.25) is 0 Å². The summed E-state index contributed by atoms with van der Waals surface area (Å²) in [6.45, 7) is 10.9. The number of benzene rings is 1. The maximum absolute atomic E-state index is 13.3. The van der Waals surface area contributed by atoms with Crippen molar-refractivity contribution in [2.75, 3.05) is 31.5 Å². The van der Waals surface area contributed by atoms with Gasteiger partial charge < -0.3 is 29.5 Å². The Balaban J connectivity index is 1.53. The van der Waals surface area contributed by atoms with Crippen molar-refractivity contribution in [3.8, 4) is 5.75 Å². The smallest absolute Gasteiger partial charge is 0.433 e. The second-order valence-electron chi connectivity index (χ2n) is 11.5. The Morgan fingerprint density at radius 1 is 1.16 bits per heavy atom. The number of aromatic nitrogens is 3. The van der Waals surface area contributed by atoms with Gasteiger partial charge in [0.1, 0.15) is 23.1 Å². The molecule has 1 amide bonds. The third-order valence-electron chi connectivity index (χ3n) is 8.33. The summed E-state index contributed by atoms with van der Waals surface area (Å²) in [5.74, 6) is 0.747. The number of anilines is 1. The zero-order valence-electron chi connectivity index (χ0n) is 24.6. The number of aliphatic hydroxyl groups excluding tert-OH is 1. The van der Waals surface area contributed by atoms with Gasteiger partial charge in [-0.15, -0.1) is 0 Å². The third kappa shape index (κ3) is 6.96. The Kier molecular flexibility index (Phi) is 9.26. The summed E-state index contributed by atoms with van der Waals surface area (Å²) in [5, 5.41) is 14.0. The van der Waals surface area contributed by atoms with Crippen LogP contribution < -0.4 is 10.1 Å². The Bertz CT molecular complexity index is 1430. The molecule has 43 heavy (non-hydrogen) atoms. The number of rotatable bonds is 8. The van der Waals surface area contributed by atoms with Gasteiger partial charge in [0.25, 0.3) is 0 Å². The number of hydrogen-bond acceptors (Lipinski definition) is 7. The lowest BCUT2D eigenvalue weighted by Crippen LogP contribution is -2.41. The number of fused-ring (bicyclic) bond motifs is 1. The van der Waals surface area contributed by atoms with Crippen molar-refractivity contribution in [1.82, 2.24) is 24.3 Å². The molecule has 0 aliphatic carbocycles. The molecule has 2 saturated heterocycles. The quantitative estimate of drug-likeness (QED) is 0.259. The zero-order valence-corrected chi connectivity index (χ0v) is 24.6. The average molecular weight is 601 g/mol. The highest BCUT2D eigenvalue weighted by atomic mass is 19.4. The molecule has 5 rings (SSSR count). The van der Waals surface area contributed by atoms with E-state index >= 15 is 0 Å². The maximum Gasteiger partial charge on any atom is 0.433 e. The molecule has 0 radical (unpaired) electrons. The molecule has 2 aliphatic heterocycles. The van der Waals surface area contributed by atoms with Crippen LogP contribution in [0, 0.1) is 0 Å². The molecule has 4 heterocycles. The van der Waals surface area contributed by atoms with E-state index in [4.69, 9.17) is 9.72 Å². The molecule has 0 bridgehead atoms. The van der Waals surface area contributed by atoms with Crippen molar-refractivity contribution in [3.63, 3.8) is 0 Å². The molecule has 0 saturated carbocycles. The van der Waals surface area contributed by atoms with Gasteiger partial charge in [0.2, 0.25) is 11.9 Å². The molecule has 2 N–H and O–H groups in total. The maximum atomic E-state index is 13.3. The lowest BCUT2D eigenvalue weighted by Gasteiger charge is -2.34. The number of carbonyl (C=O) groups is 1. The van der Waals surface area contributed by atoms with Gasteiger partial charge in [0.05, 0.1) is 11.6 Å². The molecule has 9 nitrogen and oxygen atoms in total. The standard InChI is InChI=1S/C31H39F3N6O3/c1-4-27(41)39-15-6-5-8-22(19-39)40-28-24(9-7-10-25(28)43-23-12-16-38(17-13-23)20(2)3)36-30(40)37-29(42)21-11-14-35-26(18-21)31(32,33)34/h4,7,9-11,14,18,20,22-23,29,42H,1,5-6,8,12-13,15-17,19H2,2-3H3,(H,36,37)/t22-,29?/m1/s1. The van der Waals surface area contributed by atoms with Crippen LogP contribution in [0.5, 0.6) is 5.75 Å². The lowest BCUT2D eigenvalue weighted by atomic mass is 10.1. The number of carbonyl (C=O) groups excluding carboxylic acids is 1. The van der Waals surface area contributed by atoms with Gasteiger partial charge >= 0.3 is 6.18 Å². The van der Waals surface area contributed by atoms with E-state index in [0.717, 1.165) is 57.5 Å². The van der Waals surface area contributed by atoms with E-state index in [2.05, 4.69) is 35.6 Å². The number of hydrogen-bond donors (Lipinski definition) is 2. The summed E-state index contributed by atoms with van der Waals surface area (Å²) in [5.41, 5.74) is 0.231.